The van der Waals surface area contributed by atoms with Gasteiger partial charge in [-0.3, -0.25) is 4.98 Å². The lowest BCUT2D eigenvalue weighted by atomic mass is 10.2. The van der Waals surface area contributed by atoms with Gasteiger partial charge in [0.1, 0.15) is 45.2 Å². The second kappa shape index (κ2) is 13.2. The summed E-state index contributed by atoms with van der Waals surface area (Å²) in [5.41, 5.74) is 3.59. The van der Waals surface area contributed by atoms with E-state index in [-0.39, 0.29) is 24.2 Å². The van der Waals surface area contributed by atoms with Gasteiger partial charge in [0.15, 0.2) is 0 Å². The van der Waals surface area contributed by atoms with Crippen molar-refractivity contribution in [1.82, 2.24) is 25.3 Å². The molecule has 0 fully saturated rings. The van der Waals surface area contributed by atoms with Gasteiger partial charge in [-0.05, 0) is 64.3 Å². The number of pyridine rings is 1. The molecule has 0 saturated carbocycles. The average molecular weight is 672 g/mol. The van der Waals surface area contributed by atoms with Gasteiger partial charge >= 0.3 is 0 Å². The summed E-state index contributed by atoms with van der Waals surface area (Å²) < 4.78 is 43.1. The fourth-order valence-electron chi connectivity index (χ4n) is 4.21. The van der Waals surface area contributed by atoms with Crippen LogP contribution in [0.1, 0.15) is 30.0 Å². The monoisotopic (exact) mass is 670 g/mol. The van der Waals surface area contributed by atoms with Crippen molar-refractivity contribution < 1.29 is 17.5 Å². The van der Waals surface area contributed by atoms with Gasteiger partial charge in [0.05, 0.1) is 39.4 Å². The Kier molecular flexibility index (Phi) is 9.41. The molecule has 0 aliphatic carbocycles. The van der Waals surface area contributed by atoms with Gasteiger partial charge in [0, 0.05) is 29.3 Å². The number of hydrogen-bond acceptors (Lipinski definition) is 10. The van der Waals surface area contributed by atoms with Gasteiger partial charge in [0.2, 0.25) is 0 Å². The maximum atomic E-state index is 13.5. The zero-order chi connectivity index (χ0) is 29.7. The van der Waals surface area contributed by atoms with Crippen LogP contribution in [0.15, 0.2) is 70.9 Å². The molecular formula is C29H28BrFN6O3S2. The predicted molar refractivity (Wildman–Crippen MR) is 167 cm³/mol. The molecule has 0 aliphatic heterocycles. The first-order valence-electron chi connectivity index (χ1n) is 13.1. The summed E-state index contributed by atoms with van der Waals surface area (Å²) in [7, 11) is -3.04. The van der Waals surface area contributed by atoms with E-state index in [2.05, 4.69) is 41.5 Å². The third-order valence-electron chi connectivity index (χ3n) is 6.35. The number of rotatable bonds is 12. The molecule has 1 atom stereocenters. The zero-order valence-corrected chi connectivity index (χ0v) is 26.1. The lowest BCUT2D eigenvalue weighted by Gasteiger charge is -2.13. The molecule has 2 aromatic carbocycles. The van der Waals surface area contributed by atoms with Crippen LogP contribution >= 0.6 is 27.3 Å². The van der Waals surface area contributed by atoms with Crippen molar-refractivity contribution in [2.45, 2.75) is 26.0 Å². The Morgan fingerprint density at radius 2 is 1.95 bits per heavy atom. The summed E-state index contributed by atoms with van der Waals surface area (Å²) in [5.74, 6) is 1.00. The van der Waals surface area contributed by atoms with Crippen LogP contribution in [0.3, 0.4) is 0 Å². The van der Waals surface area contributed by atoms with Crippen LogP contribution in [0.4, 0.5) is 15.9 Å². The standard InChI is InChI=1S/C29H28BrFN6O3S2/c1-3-23(32-9-10-42(2,38)39)29-37-26(16-41-29)24-13-21-25(14-33-24)34-17-35-28(21)36-20-7-8-27(22(30)12-20)40-15-18-5-4-6-19(31)11-18/h4-8,11-14,16-17,23,32H,3,9-10,15H2,1-2H3,(H,34,35,36). The number of aromatic nitrogens is 4. The molecule has 0 spiro atoms. The van der Waals surface area contributed by atoms with Crippen molar-refractivity contribution in [2.75, 3.05) is 23.9 Å². The summed E-state index contributed by atoms with van der Waals surface area (Å²) in [4.78, 5) is 18.2. The molecule has 3 aromatic heterocycles. The van der Waals surface area contributed by atoms with Crippen molar-refractivity contribution in [1.29, 1.82) is 0 Å². The smallest absolute Gasteiger partial charge is 0.148 e. The zero-order valence-electron chi connectivity index (χ0n) is 22.8. The Labute approximate surface area is 255 Å². The minimum absolute atomic E-state index is 0.0502. The Balaban J connectivity index is 1.32. The molecule has 5 aromatic rings. The van der Waals surface area contributed by atoms with Crippen molar-refractivity contribution in [3.05, 3.63) is 87.3 Å². The quantitative estimate of drug-likeness (QED) is 0.154. The molecular weight excluding hydrogens is 643 g/mol. The predicted octanol–water partition coefficient (Wildman–Crippen LogP) is 6.46. The molecule has 5 rings (SSSR count). The fraction of sp³-hybridized carbons (Fsp3) is 0.241. The number of sulfone groups is 1. The highest BCUT2D eigenvalue weighted by Gasteiger charge is 2.17. The van der Waals surface area contributed by atoms with Gasteiger partial charge in [-0.15, -0.1) is 11.3 Å². The number of thiazole rings is 1. The molecule has 0 bridgehead atoms. The van der Waals surface area contributed by atoms with E-state index >= 15 is 0 Å². The van der Waals surface area contributed by atoms with Gasteiger partial charge in [0.25, 0.3) is 0 Å². The van der Waals surface area contributed by atoms with Gasteiger partial charge < -0.3 is 15.4 Å². The number of fused-ring (bicyclic) bond motifs is 1. The average Bonchev–Trinajstić information content (AvgIpc) is 3.45. The van der Waals surface area contributed by atoms with Crippen LogP contribution in [-0.4, -0.2) is 46.9 Å². The Hall–Kier alpha value is -3.52. The maximum absolute atomic E-state index is 13.5. The van der Waals surface area contributed by atoms with E-state index in [1.165, 1.54) is 36.1 Å². The Morgan fingerprint density at radius 3 is 2.71 bits per heavy atom. The first-order valence-corrected chi connectivity index (χ1v) is 16.8. The summed E-state index contributed by atoms with van der Waals surface area (Å²) in [6.07, 6.45) is 5.17. The van der Waals surface area contributed by atoms with Crippen molar-refractivity contribution in [3.63, 3.8) is 0 Å². The van der Waals surface area contributed by atoms with Gasteiger partial charge in [-0.1, -0.05) is 19.1 Å². The number of nitrogens with one attached hydrogen (secondary N) is 2. The molecule has 0 aliphatic rings. The van der Waals surface area contributed by atoms with Gasteiger partial charge in [-0.25, -0.2) is 27.8 Å². The van der Waals surface area contributed by atoms with E-state index in [1.54, 1.807) is 12.3 Å². The lowest BCUT2D eigenvalue weighted by Crippen LogP contribution is -2.26. The summed E-state index contributed by atoms with van der Waals surface area (Å²) in [6, 6.07) is 13.7. The van der Waals surface area contributed by atoms with Crippen LogP contribution in [0.2, 0.25) is 0 Å². The molecule has 1 unspecified atom stereocenters. The van der Waals surface area contributed by atoms with E-state index in [0.717, 1.165) is 38.2 Å². The first kappa shape index (κ1) is 30.0. The minimum Gasteiger partial charge on any atom is -0.488 e. The highest BCUT2D eigenvalue weighted by Crippen LogP contribution is 2.33. The maximum Gasteiger partial charge on any atom is 0.148 e. The number of anilines is 2. The van der Waals surface area contributed by atoms with E-state index in [0.29, 0.717) is 29.3 Å². The highest BCUT2D eigenvalue weighted by atomic mass is 79.9. The van der Waals surface area contributed by atoms with Gasteiger partial charge in [-0.2, -0.15) is 0 Å². The van der Waals surface area contributed by atoms with Crippen LogP contribution in [0.5, 0.6) is 5.75 Å². The molecule has 13 heteroatoms. The molecule has 3 heterocycles. The Morgan fingerprint density at radius 1 is 1.10 bits per heavy atom. The molecule has 0 saturated heterocycles. The summed E-state index contributed by atoms with van der Waals surface area (Å²) >= 11 is 5.07. The molecule has 218 valence electrons. The minimum atomic E-state index is -3.04. The first-order chi connectivity index (χ1) is 20.2. The van der Waals surface area contributed by atoms with Crippen molar-refractivity contribution in [3.8, 4) is 17.1 Å². The largest absolute Gasteiger partial charge is 0.488 e. The molecule has 0 amide bonds. The van der Waals surface area contributed by atoms with Crippen molar-refractivity contribution in [2.24, 2.45) is 0 Å². The van der Waals surface area contributed by atoms with Crippen molar-refractivity contribution >= 4 is 59.5 Å². The molecule has 9 nitrogen and oxygen atoms in total. The fourth-order valence-corrected chi connectivity index (χ4v) is 6.16. The number of hydrogen-bond donors (Lipinski definition) is 2. The lowest BCUT2D eigenvalue weighted by molar-refractivity contribution is 0.303. The molecule has 0 radical (unpaired) electrons. The third kappa shape index (κ3) is 7.65. The highest BCUT2D eigenvalue weighted by molar-refractivity contribution is 9.10. The van der Waals surface area contributed by atoms with E-state index in [9.17, 15) is 12.8 Å². The van der Waals surface area contributed by atoms with Crippen LogP contribution in [0, 0.1) is 5.82 Å². The van der Waals surface area contributed by atoms with E-state index in [1.807, 2.05) is 42.6 Å². The normalized spacial score (nSPS) is 12.4. The topological polar surface area (TPSA) is 119 Å². The van der Waals surface area contributed by atoms with Crippen LogP contribution in [0.25, 0.3) is 22.3 Å². The SMILES string of the molecule is CCC(NCCS(C)(=O)=O)c1nc(-c2cc3c(Nc4ccc(OCc5cccc(F)c5)c(Br)c4)ncnc3cn2)cs1. The number of halogens is 2. The number of benzene rings is 2. The molecule has 42 heavy (non-hydrogen) atoms. The second-order valence-corrected chi connectivity index (χ2v) is 13.6. The third-order valence-corrected chi connectivity index (χ3v) is 8.88. The van der Waals surface area contributed by atoms with Crippen LogP contribution < -0.4 is 15.4 Å². The summed E-state index contributed by atoms with van der Waals surface area (Å²) in [5, 5.41) is 10.2. The number of ether oxygens (including phenoxy) is 1. The summed E-state index contributed by atoms with van der Waals surface area (Å²) in [6.45, 7) is 2.64. The number of nitrogens with zero attached hydrogens (tertiary/aromatic N) is 4. The van der Waals surface area contributed by atoms with Crippen LogP contribution in [-0.2, 0) is 16.4 Å². The second-order valence-electron chi connectivity index (χ2n) is 9.61. The molecule has 2 N–H and O–H groups in total. The van der Waals surface area contributed by atoms with E-state index < -0.39 is 9.84 Å². The van der Waals surface area contributed by atoms with E-state index in [4.69, 9.17) is 9.72 Å². The Bertz CT molecular complexity index is 1820.